The van der Waals surface area contributed by atoms with Crippen molar-refractivity contribution in [2.75, 3.05) is 26.4 Å². The first kappa shape index (κ1) is 33.3. The highest BCUT2D eigenvalue weighted by Gasteiger charge is 2.50. The Morgan fingerprint density at radius 2 is 1.62 bits per heavy atom. The molecule has 2 saturated heterocycles. The van der Waals surface area contributed by atoms with E-state index in [2.05, 4.69) is 17.2 Å². The van der Waals surface area contributed by atoms with Crippen molar-refractivity contribution in [1.29, 1.82) is 0 Å². The van der Waals surface area contributed by atoms with E-state index in [1.807, 2.05) is 78.9 Å². The molecule has 3 aromatic rings. The topological polar surface area (TPSA) is 151 Å². The summed E-state index contributed by atoms with van der Waals surface area (Å²) < 4.78 is 34.8. The van der Waals surface area contributed by atoms with Crippen LogP contribution in [0.3, 0.4) is 0 Å². The molecule has 2 fully saturated rings. The van der Waals surface area contributed by atoms with Gasteiger partial charge in [-0.15, -0.1) is 0 Å². The Kier molecular flexibility index (Phi) is 10.5. The number of ether oxygens (including phenoxy) is 6. The molecule has 0 saturated carbocycles. The smallest absolute Gasteiger partial charge is 0.407 e. The summed E-state index contributed by atoms with van der Waals surface area (Å²) in [6.45, 7) is 4.42. The van der Waals surface area contributed by atoms with Crippen molar-refractivity contribution < 1.29 is 47.9 Å². The molecule has 6 rings (SSSR count). The Balaban J connectivity index is 1.11. The summed E-state index contributed by atoms with van der Waals surface area (Å²) in [6, 6.07) is 22.7. The van der Waals surface area contributed by atoms with Crippen LogP contribution < -0.4 is 10.6 Å². The van der Waals surface area contributed by atoms with Crippen molar-refractivity contribution in [3.05, 3.63) is 108 Å². The summed E-state index contributed by atoms with van der Waals surface area (Å²) in [5, 5.41) is 16.5. The molecule has 12 nitrogen and oxygen atoms in total. The van der Waals surface area contributed by atoms with Gasteiger partial charge in [0.1, 0.15) is 37.6 Å². The van der Waals surface area contributed by atoms with E-state index < -0.39 is 67.6 Å². The lowest BCUT2D eigenvalue weighted by molar-refractivity contribution is -0.344. The third-order valence-electron chi connectivity index (χ3n) is 8.50. The molecule has 7 atom stereocenters. The minimum absolute atomic E-state index is 0.0325. The van der Waals surface area contributed by atoms with E-state index in [0.717, 1.165) is 27.8 Å². The third-order valence-corrected chi connectivity index (χ3v) is 8.50. The summed E-state index contributed by atoms with van der Waals surface area (Å²) >= 11 is 0. The van der Waals surface area contributed by atoms with Crippen LogP contribution in [0.4, 0.5) is 4.79 Å². The number of aliphatic hydroxyl groups is 1. The van der Waals surface area contributed by atoms with Crippen LogP contribution in [-0.4, -0.2) is 86.2 Å². The zero-order valence-corrected chi connectivity index (χ0v) is 26.4. The van der Waals surface area contributed by atoms with Gasteiger partial charge >= 0.3 is 12.1 Å². The molecule has 3 aliphatic rings. The van der Waals surface area contributed by atoms with E-state index in [9.17, 15) is 19.5 Å². The minimum atomic E-state index is -1.32. The van der Waals surface area contributed by atoms with Gasteiger partial charge in [0, 0.05) is 18.4 Å². The molecule has 1 aliphatic carbocycles. The maximum atomic E-state index is 13.1. The first-order valence-electron chi connectivity index (χ1n) is 15.8. The number of benzene rings is 3. The standard InChI is InChI=1S/C36H38N2O10/c1-3-17-43-33(41)28(38-36(42)46-18-27-25-15-9-7-13-23(25)24-14-8-10-16-26(24)27)19-44-35-30(37-21(2)39)31(40)32-29(47-35)20-45-34(48-32)22-11-5-4-6-12-22/h3-16,27-32,34-35,40H,1,17-20H2,2H3,(H,37,39)(H,38,42)/t28-,29?,30-,31?,32+,34?,35+/m0/s1. The van der Waals surface area contributed by atoms with Crippen LogP contribution in [0.2, 0.25) is 0 Å². The van der Waals surface area contributed by atoms with Crippen LogP contribution >= 0.6 is 0 Å². The molecular weight excluding hydrogens is 620 g/mol. The largest absolute Gasteiger partial charge is 0.460 e. The third kappa shape index (κ3) is 7.28. The zero-order chi connectivity index (χ0) is 33.6. The van der Waals surface area contributed by atoms with Crippen molar-refractivity contribution >= 4 is 18.0 Å². The van der Waals surface area contributed by atoms with Crippen LogP contribution in [0.5, 0.6) is 0 Å². The minimum Gasteiger partial charge on any atom is -0.460 e. The monoisotopic (exact) mass is 658 g/mol. The zero-order valence-electron chi connectivity index (χ0n) is 26.4. The molecule has 0 radical (unpaired) electrons. The van der Waals surface area contributed by atoms with Crippen molar-refractivity contribution in [1.82, 2.24) is 10.6 Å². The van der Waals surface area contributed by atoms with Crippen LogP contribution in [0.1, 0.15) is 35.8 Å². The summed E-state index contributed by atoms with van der Waals surface area (Å²) in [7, 11) is 0. The SMILES string of the molecule is C=CCOC(=O)[C@H](CO[C@@H]1OC2COC(c3ccccc3)O[C@H]2C(O)[C@@H]1NC(C)=O)NC(=O)OCC1c2ccccc2-c2ccccc21. The van der Waals surface area contributed by atoms with Crippen molar-refractivity contribution in [2.45, 2.75) is 55.8 Å². The van der Waals surface area contributed by atoms with Crippen molar-refractivity contribution in [3.8, 4) is 11.1 Å². The molecule has 2 heterocycles. The molecule has 0 bridgehead atoms. The Hall–Kier alpha value is -4.59. The number of aliphatic hydroxyl groups excluding tert-OH is 1. The molecular formula is C36H38N2O10. The van der Waals surface area contributed by atoms with E-state index in [1.165, 1.54) is 13.0 Å². The number of fused-ring (bicyclic) bond motifs is 4. The highest BCUT2D eigenvalue weighted by Crippen LogP contribution is 2.44. The quantitative estimate of drug-likeness (QED) is 0.207. The highest BCUT2D eigenvalue weighted by molar-refractivity contribution is 5.82. The number of nitrogens with one attached hydrogen (secondary N) is 2. The van der Waals surface area contributed by atoms with Crippen molar-refractivity contribution in [2.24, 2.45) is 0 Å². The predicted molar refractivity (Wildman–Crippen MR) is 171 cm³/mol. The highest BCUT2D eigenvalue weighted by atomic mass is 16.7. The van der Waals surface area contributed by atoms with Gasteiger partial charge in [-0.25, -0.2) is 9.59 Å². The Morgan fingerprint density at radius 3 is 2.29 bits per heavy atom. The number of rotatable bonds is 11. The average molecular weight is 659 g/mol. The van der Waals surface area contributed by atoms with E-state index in [4.69, 9.17) is 28.4 Å². The number of amides is 2. The molecule has 3 unspecified atom stereocenters. The molecule has 0 aromatic heterocycles. The van der Waals surface area contributed by atoms with Gasteiger partial charge in [0.05, 0.1) is 13.2 Å². The van der Waals surface area contributed by atoms with Crippen LogP contribution in [0.15, 0.2) is 91.5 Å². The number of esters is 1. The molecule has 2 amide bonds. The number of alkyl carbamates (subject to hydrolysis) is 1. The lowest BCUT2D eigenvalue weighted by Crippen LogP contribution is -2.67. The van der Waals surface area contributed by atoms with Crippen molar-refractivity contribution in [3.63, 3.8) is 0 Å². The average Bonchev–Trinajstić information content (AvgIpc) is 3.43. The second kappa shape index (κ2) is 15.1. The number of carbonyl (C=O) groups excluding carboxylic acids is 3. The van der Waals surface area contributed by atoms with Gasteiger partial charge in [0.15, 0.2) is 18.6 Å². The maximum Gasteiger partial charge on any atom is 0.407 e. The van der Waals surface area contributed by atoms with Gasteiger partial charge in [-0.05, 0) is 22.3 Å². The fraction of sp³-hybridized carbons (Fsp3) is 0.361. The normalized spacial score (nSPS) is 25.0. The molecule has 3 aromatic carbocycles. The summed E-state index contributed by atoms with van der Waals surface area (Å²) in [6.07, 6.45) is -4.30. The van der Waals surface area contributed by atoms with E-state index in [1.54, 1.807) is 0 Å². The summed E-state index contributed by atoms with van der Waals surface area (Å²) in [5.41, 5.74) is 5.00. The van der Waals surface area contributed by atoms with Gasteiger partial charge in [-0.2, -0.15) is 0 Å². The number of hydrogen-bond donors (Lipinski definition) is 3. The predicted octanol–water partition coefficient (Wildman–Crippen LogP) is 3.34. The second-order valence-corrected chi connectivity index (χ2v) is 11.7. The fourth-order valence-electron chi connectivity index (χ4n) is 6.29. The van der Waals surface area contributed by atoms with E-state index >= 15 is 0 Å². The molecule has 252 valence electrons. The van der Waals surface area contributed by atoms with Crippen LogP contribution in [0, 0.1) is 0 Å². The molecule has 3 N–H and O–H groups in total. The Morgan fingerprint density at radius 1 is 0.958 bits per heavy atom. The maximum absolute atomic E-state index is 13.1. The first-order chi connectivity index (χ1) is 23.3. The Labute approximate surface area is 277 Å². The lowest BCUT2D eigenvalue weighted by Gasteiger charge is -2.47. The number of hydrogen-bond acceptors (Lipinski definition) is 10. The summed E-state index contributed by atoms with van der Waals surface area (Å²) in [5.74, 6) is -1.43. The second-order valence-electron chi connectivity index (χ2n) is 11.7. The van der Waals surface area contributed by atoms with E-state index in [-0.39, 0.29) is 25.7 Å². The molecule has 0 spiro atoms. The van der Waals surface area contributed by atoms with Gasteiger partial charge in [-0.1, -0.05) is 91.5 Å². The number of carbonyl (C=O) groups is 3. The van der Waals surface area contributed by atoms with Gasteiger partial charge in [-0.3, -0.25) is 4.79 Å². The molecule has 12 heteroatoms. The first-order valence-corrected chi connectivity index (χ1v) is 15.8. The Bertz CT molecular complexity index is 1570. The summed E-state index contributed by atoms with van der Waals surface area (Å²) in [4.78, 5) is 38.2. The van der Waals surface area contributed by atoms with Gasteiger partial charge in [0.2, 0.25) is 5.91 Å². The van der Waals surface area contributed by atoms with Gasteiger partial charge < -0.3 is 44.2 Å². The lowest BCUT2D eigenvalue weighted by atomic mass is 9.95. The van der Waals surface area contributed by atoms with Gasteiger partial charge in [0.25, 0.3) is 0 Å². The van der Waals surface area contributed by atoms with Crippen LogP contribution in [0.25, 0.3) is 11.1 Å². The van der Waals surface area contributed by atoms with Crippen LogP contribution in [-0.2, 0) is 38.0 Å². The van der Waals surface area contributed by atoms with E-state index in [0.29, 0.717) is 0 Å². The molecule has 2 aliphatic heterocycles. The molecule has 48 heavy (non-hydrogen) atoms. The fourth-order valence-corrected chi connectivity index (χ4v) is 6.29.